The summed E-state index contributed by atoms with van der Waals surface area (Å²) in [5, 5.41) is 18.6. The quantitative estimate of drug-likeness (QED) is 0.308. The van der Waals surface area contributed by atoms with Crippen LogP contribution >= 0.6 is 0 Å². The number of anilines is 3. The van der Waals surface area contributed by atoms with E-state index in [1.165, 1.54) is 18.3 Å². The minimum absolute atomic E-state index is 0.0161. The summed E-state index contributed by atoms with van der Waals surface area (Å²) in [6, 6.07) is 12.6. The van der Waals surface area contributed by atoms with Gasteiger partial charge in [-0.05, 0) is 11.6 Å². The van der Waals surface area contributed by atoms with Gasteiger partial charge in [-0.3, -0.25) is 10.1 Å². The Labute approximate surface area is 183 Å². The molecule has 0 saturated heterocycles. The summed E-state index contributed by atoms with van der Waals surface area (Å²) in [5.41, 5.74) is 3.87. The van der Waals surface area contributed by atoms with E-state index in [0.29, 0.717) is 29.9 Å². The van der Waals surface area contributed by atoms with Crippen molar-refractivity contribution in [2.45, 2.75) is 6.54 Å². The lowest BCUT2D eigenvalue weighted by atomic mass is 10.1. The van der Waals surface area contributed by atoms with Crippen molar-refractivity contribution >= 4 is 29.7 Å². The van der Waals surface area contributed by atoms with E-state index in [-0.39, 0.29) is 24.0 Å². The normalized spacial score (nSPS) is 12.1. The van der Waals surface area contributed by atoms with Crippen LogP contribution in [-0.4, -0.2) is 47.0 Å². The molecule has 2 aromatic carbocycles. The molecule has 0 amide bonds. The second kappa shape index (κ2) is 9.12. The number of hydrogen-bond acceptors (Lipinski definition) is 11. The van der Waals surface area contributed by atoms with Gasteiger partial charge in [0, 0.05) is 20.6 Å². The van der Waals surface area contributed by atoms with Gasteiger partial charge in [-0.25, -0.2) is 5.43 Å². The van der Waals surface area contributed by atoms with Crippen LogP contribution in [0.3, 0.4) is 0 Å². The fourth-order valence-corrected chi connectivity index (χ4v) is 2.84. The second-order valence-corrected chi connectivity index (χ2v) is 6.91. The molecule has 2 N–H and O–H groups in total. The Balaban J connectivity index is 1.53. The van der Waals surface area contributed by atoms with Crippen LogP contribution in [-0.2, 0) is 6.54 Å². The average Bonchev–Trinajstić information content (AvgIpc) is 3.25. The largest absolute Gasteiger partial charge is 0.454 e. The van der Waals surface area contributed by atoms with E-state index in [0.717, 1.165) is 5.56 Å². The molecule has 0 bridgehead atoms. The van der Waals surface area contributed by atoms with Gasteiger partial charge in [0.1, 0.15) is 0 Å². The predicted octanol–water partition coefficient (Wildman–Crippen LogP) is 2.63. The van der Waals surface area contributed by atoms with Gasteiger partial charge in [0.25, 0.3) is 5.69 Å². The zero-order valence-corrected chi connectivity index (χ0v) is 17.3. The first kappa shape index (κ1) is 20.8. The number of nitrogens with one attached hydrogen (secondary N) is 2. The summed E-state index contributed by atoms with van der Waals surface area (Å²) in [7, 11) is 3.61. The van der Waals surface area contributed by atoms with E-state index in [1.807, 2.05) is 30.3 Å². The molecule has 0 radical (unpaired) electrons. The first-order chi connectivity index (χ1) is 15.5. The monoisotopic (exact) mass is 436 g/mol. The maximum atomic E-state index is 11.4. The van der Waals surface area contributed by atoms with Crippen LogP contribution in [0.15, 0.2) is 47.6 Å². The number of nitro benzene ring substituents is 1. The summed E-state index contributed by atoms with van der Waals surface area (Å²) in [6.07, 6.45) is 1.30. The summed E-state index contributed by atoms with van der Waals surface area (Å²) < 4.78 is 10.5. The van der Waals surface area contributed by atoms with Gasteiger partial charge in [-0.15, -0.1) is 0 Å². The molecule has 164 valence electrons. The van der Waals surface area contributed by atoms with Gasteiger partial charge in [-0.2, -0.15) is 20.1 Å². The highest BCUT2D eigenvalue weighted by molar-refractivity contribution is 5.87. The van der Waals surface area contributed by atoms with Gasteiger partial charge in [0.2, 0.25) is 24.6 Å². The van der Waals surface area contributed by atoms with Gasteiger partial charge in [0.05, 0.1) is 22.8 Å². The third-order valence-corrected chi connectivity index (χ3v) is 4.40. The number of benzene rings is 2. The van der Waals surface area contributed by atoms with Crippen molar-refractivity contribution in [3.63, 3.8) is 0 Å². The number of nitrogens with zero attached hydrogens (tertiary/aromatic N) is 6. The number of aromatic nitrogens is 3. The fraction of sp³-hybridized carbons (Fsp3) is 0.200. The third-order valence-electron chi connectivity index (χ3n) is 4.40. The van der Waals surface area contributed by atoms with E-state index in [2.05, 4.69) is 30.8 Å². The van der Waals surface area contributed by atoms with Gasteiger partial charge in [0.15, 0.2) is 11.5 Å². The van der Waals surface area contributed by atoms with E-state index < -0.39 is 4.92 Å². The number of hydrogen-bond donors (Lipinski definition) is 2. The summed E-state index contributed by atoms with van der Waals surface area (Å²) in [5.74, 6) is 1.70. The number of ether oxygens (including phenoxy) is 2. The summed E-state index contributed by atoms with van der Waals surface area (Å²) >= 11 is 0. The maximum Gasteiger partial charge on any atom is 0.282 e. The molecule has 1 aromatic heterocycles. The second-order valence-electron chi connectivity index (χ2n) is 6.91. The number of fused-ring (bicyclic) bond motifs is 1. The molecule has 1 aliphatic heterocycles. The van der Waals surface area contributed by atoms with E-state index in [1.54, 1.807) is 19.0 Å². The molecule has 0 unspecified atom stereocenters. The maximum absolute atomic E-state index is 11.4. The Morgan fingerprint density at radius 3 is 2.56 bits per heavy atom. The average molecular weight is 436 g/mol. The van der Waals surface area contributed by atoms with E-state index in [9.17, 15) is 10.1 Å². The highest BCUT2D eigenvalue weighted by atomic mass is 16.7. The molecule has 12 heteroatoms. The molecule has 32 heavy (non-hydrogen) atoms. The molecular formula is C20H20N8O4. The molecule has 0 atom stereocenters. The zero-order chi connectivity index (χ0) is 22.5. The fourth-order valence-electron chi connectivity index (χ4n) is 2.84. The zero-order valence-electron chi connectivity index (χ0n) is 17.3. The van der Waals surface area contributed by atoms with Crippen LogP contribution < -0.4 is 25.1 Å². The Morgan fingerprint density at radius 1 is 1.12 bits per heavy atom. The van der Waals surface area contributed by atoms with Crippen LogP contribution in [0.4, 0.5) is 23.5 Å². The third kappa shape index (κ3) is 4.80. The summed E-state index contributed by atoms with van der Waals surface area (Å²) in [6.45, 7) is 0.548. The summed E-state index contributed by atoms with van der Waals surface area (Å²) in [4.78, 5) is 25.6. The molecule has 1 aliphatic rings. The standard InChI is InChI=1S/C20H20N8O4/c1-27(2)20-24-18(21-10-13-6-4-3-5-7-13)23-19(25-20)26-22-11-14-8-16-17(32-12-31-16)9-15(14)28(29)30/h3-9,11H,10,12H2,1-2H3,(H2,21,23,24,25,26)/b22-11+. The lowest BCUT2D eigenvalue weighted by Gasteiger charge is -2.13. The van der Waals surface area contributed by atoms with Crippen LogP contribution in [0, 0.1) is 10.1 Å². The van der Waals surface area contributed by atoms with Gasteiger partial charge in [-0.1, -0.05) is 30.3 Å². The highest BCUT2D eigenvalue weighted by Crippen LogP contribution is 2.37. The van der Waals surface area contributed by atoms with E-state index in [4.69, 9.17) is 9.47 Å². The van der Waals surface area contributed by atoms with Crippen molar-refractivity contribution < 1.29 is 14.4 Å². The van der Waals surface area contributed by atoms with Crippen LogP contribution in [0.1, 0.15) is 11.1 Å². The number of rotatable bonds is 8. The first-order valence-electron chi connectivity index (χ1n) is 9.58. The van der Waals surface area contributed by atoms with Crippen molar-refractivity contribution in [1.82, 2.24) is 15.0 Å². The molecule has 0 saturated carbocycles. The Bertz CT molecular complexity index is 1150. The molecule has 12 nitrogen and oxygen atoms in total. The minimum atomic E-state index is -0.512. The number of hydrazone groups is 1. The molecule has 3 aromatic rings. The van der Waals surface area contributed by atoms with Crippen molar-refractivity contribution in [3.8, 4) is 11.5 Å². The van der Waals surface area contributed by atoms with Gasteiger partial charge >= 0.3 is 0 Å². The van der Waals surface area contributed by atoms with Crippen molar-refractivity contribution in [1.29, 1.82) is 0 Å². The molecule has 0 fully saturated rings. The molecule has 4 rings (SSSR count). The van der Waals surface area contributed by atoms with Crippen molar-refractivity contribution in [2.24, 2.45) is 5.10 Å². The van der Waals surface area contributed by atoms with E-state index >= 15 is 0 Å². The molecule has 0 aliphatic carbocycles. The van der Waals surface area contributed by atoms with Gasteiger partial charge < -0.3 is 19.7 Å². The highest BCUT2D eigenvalue weighted by Gasteiger charge is 2.22. The lowest BCUT2D eigenvalue weighted by Crippen LogP contribution is -2.16. The van der Waals surface area contributed by atoms with Crippen LogP contribution in [0.5, 0.6) is 11.5 Å². The SMILES string of the molecule is CN(C)c1nc(NCc2ccccc2)nc(N/N=C/c2cc3c(cc2[N+](=O)[O-])OCO3)n1. The Hall–Kier alpha value is -4.48. The van der Waals surface area contributed by atoms with Crippen molar-refractivity contribution in [2.75, 3.05) is 36.5 Å². The van der Waals surface area contributed by atoms with Crippen LogP contribution in [0.25, 0.3) is 0 Å². The number of nitro groups is 1. The Morgan fingerprint density at radius 2 is 1.84 bits per heavy atom. The Kier molecular flexibility index (Phi) is 5.92. The molecule has 0 spiro atoms. The van der Waals surface area contributed by atoms with Crippen molar-refractivity contribution in [3.05, 3.63) is 63.7 Å². The molecular weight excluding hydrogens is 416 g/mol. The van der Waals surface area contributed by atoms with Crippen LogP contribution in [0.2, 0.25) is 0 Å². The topological polar surface area (TPSA) is 140 Å². The first-order valence-corrected chi connectivity index (χ1v) is 9.58. The smallest absolute Gasteiger partial charge is 0.282 e. The molecule has 2 heterocycles. The lowest BCUT2D eigenvalue weighted by molar-refractivity contribution is -0.385. The predicted molar refractivity (Wildman–Crippen MR) is 118 cm³/mol. The minimum Gasteiger partial charge on any atom is -0.454 e.